The van der Waals surface area contributed by atoms with E-state index >= 15 is 0 Å². The Morgan fingerprint density at radius 1 is 1.15 bits per heavy atom. The van der Waals surface area contributed by atoms with Gasteiger partial charge in [0.05, 0.1) is 5.75 Å². The third-order valence-electron chi connectivity index (χ3n) is 6.24. The van der Waals surface area contributed by atoms with E-state index in [1.807, 2.05) is 0 Å². The molecule has 2 amide bonds. The molecule has 4 nitrogen and oxygen atoms in total. The van der Waals surface area contributed by atoms with E-state index in [0.29, 0.717) is 17.6 Å². The standard InChI is InChI=1S/C20H25FN2O2S/c21-12-4-7-14(8-5-12)26-11-19(24)22-13-6-9-16-15-2-1-3-17(15)20(25)23-18(16)10-13/h4-5,7-8,13,15-18H,1-3,6,9-11H2,(H,22,24)(H,23,25). The second kappa shape index (κ2) is 7.59. The Hall–Kier alpha value is -1.56. The van der Waals surface area contributed by atoms with Gasteiger partial charge in [0.1, 0.15) is 5.82 Å². The molecule has 0 bridgehead atoms. The molecule has 26 heavy (non-hydrogen) atoms. The molecule has 1 heterocycles. The van der Waals surface area contributed by atoms with Crippen LogP contribution >= 0.6 is 11.8 Å². The van der Waals surface area contributed by atoms with E-state index in [9.17, 15) is 14.0 Å². The first-order valence-electron chi connectivity index (χ1n) is 9.58. The molecule has 1 aromatic carbocycles. The molecule has 2 N–H and O–H groups in total. The fraction of sp³-hybridized carbons (Fsp3) is 0.600. The number of hydrogen-bond acceptors (Lipinski definition) is 3. The summed E-state index contributed by atoms with van der Waals surface area (Å²) in [5, 5.41) is 6.35. The number of thioether (sulfide) groups is 1. The van der Waals surface area contributed by atoms with Gasteiger partial charge in [-0.15, -0.1) is 11.8 Å². The van der Waals surface area contributed by atoms with Crippen molar-refractivity contribution in [1.29, 1.82) is 0 Å². The zero-order chi connectivity index (χ0) is 18.1. The fourth-order valence-corrected chi connectivity index (χ4v) is 5.78. The van der Waals surface area contributed by atoms with Gasteiger partial charge in [-0.2, -0.15) is 0 Å². The van der Waals surface area contributed by atoms with E-state index in [1.165, 1.54) is 36.7 Å². The number of benzene rings is 1. The van der Waals surface area contributed by atoms with Crippen molar-refractivity contribution >= 4 is 23.6 Å². The van der Waals surface area contributed by atoms with Gasteiger partial charge in [-0.3, -0.25) is 9.59 Å². The van der Waals surface area contributed by atoms with Gasteiger partial charge in [0.25, 0.3) is 0 Å². The molecule has 1 aliphatic heterocycles. The maximum atomic E-state index is 12.9. The number of hydrogen-bond donors (Lipinski definition) is 2. The van der Waals surface area contributed by atoms with Gasteiger partial charge in [0.2, 0.25) is 11.8 Å². The van der Waals surface area contributed by atoms with Gasteiger partial charge in [0.15, 0.2) is 0 Å². The molecular weight excluding hydrogens is 351 g/mol. The lowest BCUT2D eigenvalue weighted by Gasteiger charge is -2.45. The Bertz CT molecular complexity index is 681. The topological polar surface area (TPSA) is 58.2 Å². The Labute approximate surface area is 157 Å². The van der Waals surface area contributed by atoms with E-state index in [4.69, 9.17) is 0 Å². The number of fused-ring (bicyclic) bond motifs is 3. The van der Waals surface area contributed by atoms with Crippen molar-refractivity contribution in [3.63, 3.8) is 0 Å². The lowest BCUT2D eigenvalue weighted by Crippen LogP contribution is -2.57. The fourth-order valence-electron chi connectivity index (χ4n) is 5.07. The van der Waals surface area contributed by atoms with Gasteiger partial charge in [-0.25, -0.2) is 4.39 Å². The lowest BCUT2D eigenvalue weighted by atomic mass is 9.68. The number of halogens is 1. The molecule has 5 atom stereocenters. The van der Waals surface area contributed by atoms with Crippen LogP contribution in [0.2, 0.25) is 0 Å². The van der Waals surface area contributed by atoms with Gasteiger partial charge in [-0.1, -0.05) is 6.42 Å². The monoisotopic (exact) mass is 376 g/mol. The minimum absolute atomic E-state index is 0.00338. The molecule has 140 valence electrons. The van der Waals surface area contributed by atoms with Crippen LogP contribution in [-0.2, 0) is 9.59 Å². The van der Waals surface area contributed by atoms with Crippen LogP contribution in [0, 0.1) is 23.6 Å². The van der Waals surface area contributed by atoms with Gasteiger partial charge >= 0.3 is 0 Å². The minimum atomic E-state index is -0.269. The highest BCUT2D eigenvalue weighted by molar-refractivity contribution is 8.00. The van der Waals surface area contributed by atoms with Crippen molar-refractivity contribution in [3.8, 4) is 0 Å². The molecule has 3 aliphatic rings. The van der Waals surface area contributed by atoms with E-state index in [2.05, 4.69) is 10.6 Å². The summed E-state index contributed by atoms with van der Waals surface area (Å²) in [7, 11) is 0. The summed E-state index contributed by atoms with van der Waals surface area (Å²) in [6.07, 6.45) is 6.32. The summed E-state index contributed by atoms with van der Waals surface area (Å²) >= 11 is 1.41. The van der Waals surface area contributed by atoms with E-state index < -0.39 is 0 Å². The number of amides is 2. The van der Waals surface area contributed by atoms with Crippen LogP contribution in [0.5, 0.6) is 0 Å². The summed E-state index contributed by atoms with van der Waals surface area (Å²) in [5.74, 6) is 1.66. The van der Waals surface area contributed by atoms with Crippen molar-refractivity contribution in [2.24, 2.45) is 17.8 Å². The Kier molecular flexibility index (Phi) is 5.20. The predicted molar refractivity (Wildman–Crippen MR) is 99.2 cm³/mol. The van der Waals surface area contributed by atoms with E-state index in [1.54, 1.807) is 12.1 Å². The highest BCUT2D eigenvalue weighted by Crippen LogP contribution is 2.46. The Morgan fingerprint density at radius 3 is 2.77 bits per heavy atom. The molecule has 1 saturated heterocycles. The quantitative estimate of drug-likeness (QED) is 0.794. The molecule has 2 aliphatic carbocycles. The summed E-state index contributed by atoms with van der Waals surface area (Å²) in [4.78, 5) is 25.5. The first-order valence-corrected chi connectivity index (χ1v) is 10.6. The van der Waals surface area contributed by atoms with Gasteiger partial charge in [0, 0.05) is 22.9 Å². The third-order valence-corrected chi connectivity index (χ3v) is 7.25. The van der Waals surface area contributed by atoms with Crippen LogP contribution in [0.25, 0.3) is 0 Å². The number of piperidine rings is 1. The minimum Gasteiger partial charge on any atom is -0.353 e. The second-order valence-corrected chi connectivity index (χ2v) is 8.85. The van der Waals surface area contributed by atoms with Crippen LogP contribution in [0.15, 0.2) is 29.2 Å². The van der Waals surface area contributed by atoms with Gasteiger partial charge in [-0.05, 0) is 68.2 Å². The molecule has 6 heteroatoms. The maximum Gasteiger partial charge on any atom is 0.230 e. The van der Waals surface area contributed by atoms with Crippen LogP contribution in [0.1, 0.15) is 38.5 Å². The lowest BCUT2D eigenvalue weighted by molar-refractivity contribution is -0.132. The number of rotatable bonds is 4. The molecular formula is C20H25FN2O2S. The summed E-state index contributed by atoms with van der Waals surface area (Å²) in [6, 6.07) is 6.54. The average Bonchev–Trinajstić information content (AvgIpc) is 3.12. The molecule has 4 rings (SSSR count). The normalized spacial score (nSPS) is 33.1. The molecule has 1 aromatic rings. The van der Waals surface area contributed by atoms with E-state index in [-0.39, 0.29) is 35.6 Å². The molecule has 0 radical (unpaired) electrons. The molecule has 0 spiro atoms. The number of nitrogens with one attached hydrogen (secondary N) is 2. The first-order chi connectivity index (χ1) is 12.6. The number of carbonyl (C=O) groups is 2. The van der Waals surface area contributed by atoms with Gasteiger partial charge < -0.3 is 10.6 Å². The van der Waals surface area contributed by atoms with Crippen LogP contribution in [0.4, 0.5) is 4.39 Å². The zero-order valence-corrected chi connectivity index (χ0v) is 15.6. The van der Waals surface area contributed by atoms with Crippen molar-refractivity contribution in [3.05, 3.63) is 30.1 Å². The molecule has 5 unspecified atom stereocenters. The average molecular weight is 376 g/mol. The van der Waals surface area contributed by atoms with Crippen molar-refractivity contribution < 1.29 is 14.0 Å². The Balaban J connectivity index is 1.28. The second-order valence-electron chi connectivity index (χ2n) is 7.80. The van der Waals surface area contributed by atoms with Crippen molar-refractivity contribution in [1.82, 2.24) is 10.6 Å². The summed E-state index contributed by atoms with van der Waals surface area (Å²) in [5.41, 5.74) is 0. The van der Waals surface area contributed by atoms with Crippen LogP contribution in [-0.4, -0.2) is 29.7 Å². The summed E-state index contributed by atoms with van der Waals surface area (Å²) in [6.45, 7) is 0. The largest absolute Gasteiger partial charge is 0.353 e. The SMILES string of the molecule is O=C(CSc1ccc(F)cc1)NC1CCC2C(C1)NC(=O)C1CCCC12. The highest BCUT2D eigenvalue weighted by atomic mass is 32.2. The third kappa shape index (κ3) is 3.75. The smallest absolute Gasteiger partial charge is 0.230 e. The zero-order valence-electron chi connectivity index (χ0n) is 14.7. The Morgan fingerprint density at radius 2 is 1.96 bits per heavy atom. The summed E-state index contributed by atoms with van der Waals surface area (Å²) < 4.78 is 12.9. The van der Waals surface area contributed by atoms with Crippen LogP contribution < -0.4 is 10.6 Å². The number of carbonyl (C=O) groups excluding carboxylic acids is 2. The van der Waals surface area contributed by atoms with Crippen LogP contribution in [0.3, 0.4) is 0 Å². The van der Waals surface area contributed by atoms with Crippen molar-refractivity contribution in [2.75, 3.05) is 5.75 Å². The van der Waals surface area contributed by atoms with E-state index in [0.717, 1.165) is 30.6 Å². The molecule has 2 saturated carbocycles. The predicted octanol–water partition coefficient (Wildman–Crippen LogP) is 3.12. The maximum absolute atomic E-state index is 12.9. The highest BCUT2D eigenvalue weighted by Gasteiger charge is 2.47. The molecule has 0 aromatic heterocycles. The first kappa shape index (κ1) is 17.8. The molecule has 3 fully saturated rings. The van der Waals surface area contributed by atoms with Crippen molar-refractivity contribution in [2.45, 2.75) is 55.5 Å².